The predicted octanol–water partition coefficient (Wildman–Crippen LogP) is 5.60. The Morgan fingerprint density at radius 3 is 2.42 bits per heavy atom. The van der Waals surface area contributed by atoms with Crippen molar-refractivity contribution in [1.29, 1.82) is 0 Å². The van der Waals surface area contributed by atoms with Crippen molar-refractivity contribution in [2.45, 2.75) is 33.1 Å². The number of hydrogen-bond donors (Lipinski definition) is 1. The van der Waals surface area contributed by atoms with Gasteiger partial charge in [0.2, 0.25) is 5.91 Å². The van der Waals surface area contributed by atoms with Crippen molar-refractivity contribution in [3.8, 4) is 22.6 Å². The maximum Gasteiger partial charge on any atom is 0.231 e. The number of carbonyl (C=O) groups excluding carboxylic acids is 1. The maximum atomic E-state index is 13.2. The fourth-order valence-corrected chi connectivity index (χ4v) is 3.84. The van der Waals surface area contributed by atoms with Crippen LogP contribution < -0.4 is 14.8 Å². The summed E-state index contributed by atoms with van der Waals surface area (Å²) in [5, 5.41) is 3.09. The smallest absolute Gasteiger partial charge is 0.231 e. The van der Waals surface area contributed by atoms with Crippen molar-refractivity contribution < 1.29 is 14.3 Å². The zero-order valence-corrected chi connectivity index (χ0v) is 18.2. The summed E-state index contributed by atoms with van der Waals surface area (Å²) in [4.78, 5) is 17.5. The number of ether oxygens (including phenoxy) is 2. The number of fused-ring (bicyclic) bond motifs is 1. The van der Waals surface area contributed by atoms with Crippen molar-refractivity contribution in [3.05, 3.63) is 72.1 Å². The maximum absolute atomic E-state index is 13.2. The zero-order chi connectivity index (χ0) is 21.8. The van der Waals surface area contributed by atoms with Gasteiger partial charge in [0.1, 0.15) is 13.2 Å². The first kappa shape index (κ1) is 20.9. The molecule has 0 aliphatic carbocycles. The predicted molar refractivity (Wildman–Crippen MR) is 123 cm³/mol. The van der Waals surface area contributed by atoms with Crippen LogP contribution in [0.15, 0.2) is 60.8 Å². The molecule has 0 spiro atoms. The van der Waals surface area contributed by atoms with E-state index in [1.807, 2.05) is 67.7 Å². The number of nitrogens with one attached hydrogen (secondary N) is 1. The number of nitrogens with zero attached hydrogens (tertiary/aromatic N) is 1. The molecule has 0 saturated heterocycles. The van der Waals surface area contributed by atoms with Gasteiger partial charge in [0.05, 0.1) is 5.92 Å². The average Bonchev–Trinajstić information content (AvgIpc) is 2.77. The standard InChI is InChI=1S/C26H28N2O3/c1-17(2)14-23(21-6-9-24-25(16-21)31-13-12-30-24)26(29)28-22-7-4-19(5-8-22)20-10-11-27-18(3)15-20/h4-11,15-17,23H,12-14H2,1-3H3,(H,28,29). The molecular formula is C26H28N2O3. The third kappa shape index (κ3) is 5.05. The Hall–Kier alpha value is -3.34. The van der Waals surface area contributed by atoms with E-state index in [0.29, 0.717) is 24.9 Å². The number of rotatable bonds is 6. The van der Waals surface area contributed by atoms with Gasteiger partial charge < -0.3 is 14.8 Å². The quantitative estimate of drug-likeness (QED) is 0.568. The van der Waals surface area contributed by atoms with Crippen LogP contribution in [0, 0.1) is 12.8 Å². The Morgan fingerprint density at radius 2 is 1.71 bits per heavy atom. The minimum Gasteiger partial charge on any atom is -0.486 e. The summed E-state index contributed by atoms with van der Waals surface area (Å²) < 4.78 is 11.3. The Kier molecular flexibility index (Phi) is 6.21. The lowest BCUT2D eigenvalue weighted by molar-refractivity contribution is -0.117. The van der Waals surface area contributed by atoms with E-state index in [4.69, 9.17) is 9.47 Å². The number of aryl methyl sites for hydroxylation is 1. The molecule has 1 atom stereocenters. The molecule has 31 heavy (non-hydrogen) atoms. The number of aromatic nitrogens is 1. The third-order valence-electron chi connectivity index (χ3n) is 5.37. The average molecular weight is 417 g/mol. The van der Waals surface area contributed by atoms with Crippen molar-refractivity contribution >= 4 is 11.6 Å². The summed E-state index contributed by atoms with van der Waals surface area (Å²) in [6, 6.07) is 17.8. The van der Waals surface area contributed by atoms with Gasteiger partial charge in [-0.1, -0.05) is 32.0 Å². The van der Waals surface area contributed by atoms with Gasteiger partial charge in [0.15, 0.2) is 11.5 Å². The molecule has 4 rings (SSSR count). The fraction of sp³-hybridized carbons (Fsp3) is 0.308. The molecule has 3 aromatic rings. The van der Waals surface area contributed by atoms with Crippen molar-refractivity contribution in [3.63, 3.8) is 0 Å². The van der Waals surface area contributed by atoms with E-state index < -0.39 is 0 Å². The summed E-state index contributed by atoms with van der Waals surface area (Å²) in [5.41, 5.74) is 4.91. The molecule has 2 heterocycles. The number of pyridine rings is 1. The van der Waals surface area contributed by atoms with Gasteiger partial charge in [-0.25, -0.2) is 0 Å². The topological polar surface area (TPSA) is 60.5 Å². The van der Waals surface area contributed by atoms with Crippen LogP contribution in [0.25, 0.3) is 11.1 Å². The van der Waals surface area contributed by atoms with Gasteiger partial charge in [-0.3, -0.25) is 9.78 Å². The Bertz CT molecular complexity index is 1060. The second-order valence-corrected chi connectivity index (χ2v) is 8.34. The highest BCUT2D eigenvalue weighted by Gasteiger charge is 2.24. The van der Waals surface area contributed by atoms with Gasteiger partial charge >= 0.3 is 0 Å². The van der Waals surface area contributed by atoms with Gasteiger partial charge in [-0.2, -0.15) is 0 Å². The lowest BCUT2D eigenvalue weighted by Gasteiger charge is -2.23. The molecule has 0 radical (unpaired) electrons. The van der Waals surface area contributed by atoms with Crippen LogP contribution in [0.2, 0.25) is 0 Å². The van der Waals surface area contributed by atoms with Crippen LogP contribution in [0.3, 0.4) is 0 Å². The zero-order valence-electron chi connectivity index (χ0n) is 18.2. The minimum atomic E-state index is -0.265. The number of amides is 1. The van der Waals surface area contributed by atoms with Crippen molar-refractivity contribution in [2.75, 3.05) is 18.5 Å². The van der Waals surface area contributed by atoms with Crippen molar-refractivity contribution in [1.82, 2.24) is 4.98 Å². The molecule has 1 unspecified atom stereocenters. The molecule has 5 nitrogen and oxygen atoms in total. The first-order valence-electron chi connectivity index (χ1n) is 10.7. The fourth-order valence-electron chi connectivity index (χ4n) is 3.84. The van der Waals surface area contributed by atoms with Gasteiger partial charge in [-0.15, -0.1) is 0 Å². The molecule has 0 saturated carbocycles. The molecular weight excluding hydrogens is 388 g/mol. The highest BCUT2D eigenvalue weighted by molar-refractivity contribution is 5.96. The normalized spacial score (nSPS) is 13.7. The summed E-state index contributed by atoms with van der Waals surface area (Å²) in [6.45, 7) is 7.32. The lowest BCUT2D eigenvalue weighted by atomic mass is 9.89. The molecule has 0 bridgehead atoms. The van der Waals surface area contributed by atoms with E-state index in [1.54, 1.807) is 0 Å². The van der Waals surface area contributed by atoms with E-state index in [9.17, 15) is 4.79 Å². The number of anilines is 1. The second-order valence-electron chi connectivity index (χ2n) is 8.34. The molecule has 5 heteroatoms. The van der Waals surface area contributed by atoms with Crippen LogP contribution in [-0.2, 0) is 4.79 Å². The first-order chi connectivity index (χ1) is 15.0. The van der Waals surface area contributed by atoms with E-state index >= 15 is 0 Å². The molecule has 1 amide bonds. The van der Waals surface area contributed by atoms with E-state index in [-0.39, 0.29) is 11.8 Å². The van der Waals surface area contributed by atoms with Crippen LogP contribution in [0.4, 0.5) is 5.69 Å². The van der Waals surface area contributed by atoms with Crippen LogP contribution in [0.5, 0.6) is 11.5 Å². The van der Waals surface area contributed by atoms with Crippen LogP contribution in [0.1, 0.15) is 37.4 Å². The Balaban J connectivity index is 1.52. The Labute approximate surface area is 183 Å². The van der Waals surface area contributed by atoms with Gasteiger partial charge in [0.25, 0.3) is 0 Å². The SMILES string of the molecule is Cc1cc(-c2ccc(NC(=O)C(CC(C)C)c3ccc4c(c3)OCCO4)cc2)ccn1. The summed E-state index contributed by atoms with van der Waals surface area (Å²) in [6.07, 6.45) is 2.56. The van der Waals surface area contributed by atoms with Gasteiger partial charge in [0, 0.05) is 17.6 Å². The first-order valence-corrected chi connectivity index (χ1v) is 10.7. The number of carbonyl (C=O) groups is 1. The van der Waals surface area contributed by atoms with Crippen LogP contribution >= 0.6 is 0 Å². The second kappa shape index (κ2) is 9.21. The van der Waals surface area contributed by atoms with E-state index in [0.717, 1.165) is 40.2 Å². The molecule has 160 valence electrons. The largest absolute Gasteiger partial charge is 0.486 e. The van der Waals surface area contributed by atoms with E-state index in [1.165, 1.54) is 0 Å². The molecule has 2 aromatic carbocycles. The molecule has 1 aliphatic heterocycles. The van der Waals surface area contributed by atoms with E-state index in [2.05, 4.69) is 24.1 Å². The summed E-state index contributed by atoms with van der Waals surface area (Å²) >= 11 is 0. The highest BCUT2D eigenvalue weighted by Crippen LogP contribution is 2.35. The van der Waals surface area contributed by atoms with Crippen LogP contribution in [-0.4, -0.2) is 24.1 Å². The van der Waals surface area contributed by atoms with Crippen molar-refractivity contribution in [2.24, 2.45) is 5.92 Å². The molecule has 1 aromatic heterocycles. The minimum absolute atomic E-state index is 0.0158. The van der Waals surface area contributed by atoms with Gasteiger partial charge in [-0.05, 0) is 72.4 Å². The third-order valence-corrected chi connectivity index (χ3v) is 5.37. The molecule has 1 aliphatic rings. The molecule has 1 N–H and O–H groups in total. The summed E-state index contributed by atoms with van der Waals surface area (Å²) in [7, 11) is 0. The lowest BCUT2D eigenvalue weighted by Crippen LogP contribution is -2.23. The Morgan fingerprint density at radius 1 is 0.968 bits per heavy atom. The monoisotopic (exact) mass is 416 g/mol. The summed E-state index contributed by atoms with van der Waals surface area (Å²) in [5.74, 6) is 1.54. The number of hydrogen-bond acceptors (Lipinski definition) is 4. The molecule has 0 fully saturated rings. The number of benzene rings is 2. The highest BCUT2D eigenvalue weighted by atomic mass is 16.6.